The number of hydrogen-bond acceptors (Lipinski definition) is 7. The van der Waals surface area contributed by atoms with E-state index >= 15 is 0 Å². The SMILES string of the molecule is C/C(C=NCc1ccc(CN=C/C(C(=O)NCc2c(C)cc3c(N)nccc3c2C)=C(\N)C(F)(F)F)cc1)=C/N. The van der Waals surface area contributed by atoms with Gasteiger partial charge in [0.1, 0.15) is 11.5 Å². The third kappa shape index (κ3) is 7.46. The number of aryl methyl sites for hydroxylation is 2. The zero-order chi connectivity index (χ0) is 29.4. The van der Waals surface area contributed by atoms with Gasteiger partial charge in [-0.3, -0.25) is 14.8 Å². The molecule has 0 fully saturated rings. The van der Waals surface area contributed by atoms with E-state index in [9.17, 15) is 18.0 Å². The molecule has 0 aliphatic rings. The molecular weight excluding hydrogens is 519 g/mol. The summed E-state index contributed by atoms with van der Waals surface area (Å²) in [6.45, 7) is 6.01. The van der Waals surface area contributed by atoms with Crippen LogP contribution in [0.5, 0.6) is 0 Å². The Bertz CT molecular complexity index is 1500. The number of nitrogens with two attached hydrogens (primary N) is 3. The number of carbonyl (C=O) groups excluding carboxylic acids is 1. The van der Waals surface area contributed by atoms with Crippen molar-refractivity contribution in [3.8, 4) is 0 Å². The van der Waals surface area contributed by atoms with E-state index in [1.165, 1.54) is 6.20 Å². The zero-order valence-corrected chi connectivity index (χ0v) is 22.5. The highest BCUT2D eigenvalue weighted by Crippen LogP contribution is 2.28. The number of aromatic nitrogens is 1. The second-order valence-electron chi connectivity index (χ2n) is 9.26. The number of nitrogens with zero attached hydrogens (tertiary/aromatic N) is 3. The Balaban J connectivity index is 1.75. The minimum Gasteiger partial charge on any atom is -0.404 e. The normalized spacial score (nSPS) is 13.3. The lowest BCUT2D eigenvalue weighted by atomic mass is 9.96. The first-order valence-electron chi connectivity index (χ1n) is 12.4. The van der Waals surface area contributed by atoms with Gasteiger partial charge in [-0.2, -0.15) is 13.2 Å². The fraction of sp³-hybridized carbons (Fsp3) is 0.241. The molecule has 0 radical (unpaired) electrons. The first kappa shape index (κ1) is 29.9. The van der Waals surface area contributed by atoms with Crippen LogP contribution in [0.1, 0.15) is 34.7 Å². The minimum atomic E-state index is -4.91. The molecule has 1 aromatic heterocycles. The molecule has 0 spiro atoms. The standard InChI is InChI=1S/C29H32F3N7O/c1-17(11-33)12-36-13-20-4-6-21(7-5-20)14-37-15-25(26(34)29(30,31)32)28(40)39-16-24-18(2)10-23-22(19(24)3)8-9-38-27(23)35/h4-12,15H,13-14,16,33-34H2,1-3H3,(H2,35,38)(H,39,40)/b17-11-,26-25+,36-12?,37-15?. The van der Waals surface area contributed by atoms with Gasteiger partial charge in [0, 0.05) is 30.6 Å². The summed E-state index contributed by atoms with van der Waals surface area (Å²) in [5, 5.41) is 4.17. The number of rotatable bonds is 9. The minimum absolute atomic E-state index is 0.0122. The largest absolute Gasteiger partial charge is 0.431 e. The van der Waals surface area contributed by atoms with E-state index in [4.69, 9.17) is 17.2 Å². The molecule has 0 aliphatic carbocycles. The average Bonchev–Trinajstić information content (AvgIpc) is 2.91. The summed E-state index contributed by atoms with van der Waals surface area (Å²) in [4.78, 5) is 25.3. The van der Waals surface area contributed by atoms with Crippen molar-refractivity contribution >= 4 is 34.9 Å². The number of anilines is 1. The predicted octanol–water partition coefficient (Wildman–Crippen LogP) is 4.53. The van der Waals surface area contributed by atoms with Crippen LogP contribution in [0, 0.1) is 13.8 Å². The molecule has 7 N–H and O–H groups in total. The topological polar surface area (TPSA) is 145 Å². The van der Waals surface area contributed by atoms with Crippen LogP contribution in [0.25, 0.3) is 10.8 Å². The van der Waals surface area contributed by atoms with Gasteiger partial charge in [0.25, 0.3) is 5.91 Å². The molecule has 0 saturated heterocycles. The molecule has 0 aliphatic heterocycles. The van der Waals surface area contributed by atoms with Crippen molar-refractivity contribution in [3.63, 3.8) is 0 Å². The molecule has 0 unspecified atom stereocenters. The fourth-order valence-electron chi connectivity index (χ4n) is 4.00. The smallest absolute Gasteiger partial charge is 0.404 e. The van der Waals surface area contributed by atoms with Crippen LogP contribution in [0.2, 0.25) is 0 Å². The van der Waals surface area contributed by atoms with Crippen LogP contribution in [0.4, 0.5) is 19.0 Å². The average molecular weight is 552 g/mol. The van der Waals surface area contributed by atoms with E-state index in [1.54, 1.807) is 30.6 Å². The number of alkyl halides is 3. The summed E-state index contributed by atoms with van der Waals surface area (Å²) in [5.41, 5.74) is 19.4. The maximum atomic E-state index is 13.5. The Hall–Kier alpha value is -4.67. The Kier molecular flexibility index (Phi) is 9.65. The van der Waals surface area contributed by atoms with E-state index in [2.05, 4.69) is 20.3 Å². The summed E-state index contributed by atoms with van der Waals surface area (Å²) in [6, 6.07) is 10.9. The van der Waals surface area contributed by atoms with Crippen LogP contribution in [-0.2, 0) is 24.4 Å². The molecule has 40 heavy (non-hydrogen) atoms. The lowest BCUT2D eigenvalue weighted by molar-refractivity contribution is -0.119. The van der Waals surface area contributed by atoms with E-state index in [-0.39, 0.29) is 13.1 Å². The number of allylic oxidation sites excluding steroid dienone is 2. The van der Waals surface area contributed by atoms with Crippen molar-refractivity contribution in [2.24, 2.45) is 21.5 Å². The van der Waals surface area contributed by atoms with Crippen LogP contribution in [0.15, 0.2) is 75.6 Å². The van der Waals surface area contributed by atoms with Crippen LogP contribution < -0.4 is 22.5 Å². The van der Waals surface area contributed by atoms with E-state index in [1.807, 2.05) is 39.0 Å². The molecule has 11 heteroatoms. The van der Waals surface area contributed by atoms with Crippen molar-refractivity contribution < 1.29 is 18.0 Å². The summed E-state index contributed by atoms with van der Waals surface area (Å²) in [6.07, 6.45) is 0.659. The fourth-order valence-corrected chi connectivity index (χ4v) is 4.00. The molecule has 3 rings (SSSR count). The highest BCUT2D eigenvalue weighted by atomic mass is 19.4. The van der Waals surface area contributed by atoms with Crippen LogP contribution in [0.3, 0.4) is 0 Å². The van der Waals surface area contributed by atoms with Crippen molar-refractivity contribution in [1.82, 2.24) is 10.3 Å². The Morgan fingerprint density at radius 1 is 1.02 bits per heavy atom. The molecule has 3 aromatic rings. The number of amides is 1. The predicted molar refractivity (Wildman–Crippen MR) is 154 cm³/mol. The van der Waals surface area contributed by atoms with Gasteiger partial charge in [0.05, 0.1) is 18.7 Å². The van der Waals surface area contributed by atoms with Gasteiger partial charge in [-0.1, -0.05) is 24.3 Å². The second-order valence-corrected chi connectivity index (χ2v) is 9.26. The van der Waals surface area contributed by atoms with E-state index in [0.717, 1.165) is 50.4 Å². The number of hydrogen-bond donors (Lipinski definition) is 4. The molecule has 2 aromatic carbocycles. The van der Waals surface area contributed by atoms with E-state index < -0.39 is 23.4 Å². The van der Waals surface area contributed by atoms with Crippen molar-refractivity contribution in [3.05, 3.63) is 93.5 Å². The lowest BCUT2D eigenvalue weighted by Gasteiger charge is -2.16. The Morgan fingerprint density at radius 2 is 1.62 bits per heavy atom. The van der Waals surface area contributed by atoms with Crippen LogP contribution in [-0.4, -0.2) is 29.5 Å². The number of pyridine rings is 1. The maximum absolute atomic E-state index is 13.5. The molecule has 0 bridgehead atoms. The zero-order valence-electron chi connectivity index (χ0n) is 22.5. The summed E-state index contributed by atoms with van der Waals surface area (Å²) < 4.78 is 40.4. The molecule has 0 saturated carbocycles. The first-order valence-corrected chi connectivity index (χ1v) is 12.4. The molecule has 1 heterocycles. The van der Waals surface area contributed by atoms with Gasteiger partial charge < -0.3 is 22.5 Å². The second kappa shape index (κ2) is 12.9. The number of carbonyl (C=O) groups is 1. The number of nitrogens with one attached hydrogen (secondary N) is 1. The van der Waals surface area contributed by atoms with Gasteiger partial charge in [-0.25, -0.2) is 4.98 Å². The van der Waals surface area contributed by atoms with Crippen LogP contribution >= 0.6 is 0 Å². The third-order valence-corrected chi connectivity index (χ3v) is 6.33. The van der Waals surface area contributed by atoms with Crippen molar-refractivity contribution in [2.45, 2.75) is 46.6 Å². The molecule has 0 atom stereocenters. The van der Waals surface area contributed by atoms with Gasteiger partial charge in [0.2, 0.25) is 0 Å². The van der Waals surface area contributed by atoms with Gasteiger partial charge in [0.15, 0.2) is 0 Å². The highest BCUT2D eigenvalue weighted by Gasteiger charge is 2.35. The number of halogens is 3. The summed E-state index contributed by atoms with van der Waals surface area (Å²) in [7, 11) is 0. The van der Waals surface area contributed by atoms with Crippen molar-refractivity contribution in [1.29, 1.82) is 0 Å². The molecule has 8 nitrogen and oxygen atoms in total. The van der Waals surface area contributed by atoms with E-state index in [0.29, 0.717) is 12.4 Å². The first-order chi connectivity index (χ1) is 18.9. The highest BCUT2D eigenvalue weighted by molar-refractivity contribution is 6.13. The number of fused-ring (bicyclic) bond motifs is 1. The van der Waals surface area contributed by atoms with Gasteiger partial charge >= 0.3 is 6.18 Å². The summed E-state index contributed by atoms with van der Waals surface area (Å²) >= 11 is 0. The molecule has 1 amide bonds. The third-order valence-electron chi connectivity index (χ3n) is 6.33. The summed E-state index contributed by atoms with van der Waals surface area (Å²) in [5.74, 6) is -0.612. The Labute approximate surface area is 230 Å². The number of aliphatic imine (C=N–C) groups is 2. The molecular formula is C29H32F3N7O. The van der Waals surface area contributed by atoms with Gasteiger partial charge in [-0.15, -0.1) is 0 Å². The quantitative estimate of drug-likeness (QED) is 0.228. The number of nitrogen functional groups attached to an aromatic ring is 1. The molecule has 210 valence electrons. The number of benzene rings is 2. The lowest BCUT2D eigenvalue weighted by Crippen LogP contribution is -2.32. The Morgan fingerprint density at radius 3 is 2.20 bits per heavy atom. The van der Waals surface area contributed by atoms with Crippen molar-refractivity contribution in [2.75, 3.05) is 5.73 Å². The van der Waals surface area contributed by atoms with Gasteiger partial charge in [-0.05, 0) is 77.9 Å². The monoisotopic (exact) mass is 551 g/mol. The maximum Gasteiger partial charge on any atom is 0.431 e.